The molecule has 2 rings (SSSR count). The summed E-state index contributed by atoms with van der Waals surface area (Å²) < 4.78 is 5.47. The molecule has 0 radical (unpaired) electrons. The Morgan fingerprint density at radius 1 is 1.35 bits per heavy atom. The van der Waals surface area contributed by atoms with Gasteiger partial charge in [-0.25, -0.2) is 0 Å². The van der Waals surface area contributed by atoms with Crippen LogP contribution >= 0.6 is 11.8 Å². The van der Waals surface area contributed by atoms with Crippen molar-refractivity contribution >= 4 is 11.8 Å². The number of rotatable bonds is 6. The van der Waals surface area contributed by atoms with Crippen molar-refractivity contribution in [2.45, 2.75) is 50.3 Å². The predicted molar refractivity (Wildman–Crippen MR) is 87.1 cm³/mol. The molecular formula is C16H26N2OS. The van der Waals surface area contributed by atoms with E-state index in [0.29, 0.717) is 0 Å². The minimum atomic E-state index is 0.150. The molecule has 1 atom stereocenters. The first-order chi connectivity index (χ1) is 9.74. The third-order valence-corrected chi connectivity index (χ3v) is 5.48. The lowest BCUT2D eigenvalue weighted by atomic mass is 10.0. The molecule has 3 N–H and O–H groups in total. The van der Waals surface area contributed by atoms with E-state index in [1.54, 1.807) is 7.11 Å². The summed E-state index contributed by atoms with van der Waals surface area (Å²) in [6.07, 6.45) is 6.87. The molecule has 0 bridgehead atoms. The Kier molecular flexibility index (Phi) is 6.20. The van der Waals surface area contributed by atoms with Crippen molar-refractivity contribution in [3.05, 3.63) is 29.3 Å². The van der Waals surface area contributed by atoms with Crippen molar-refractivity contribution in [2.75, 3.05) is 12.9 Å². The van der Waals surface area contributed by atoms with Crippen molar-refractivity contribution in [1.29, 1.82) is 0 Å². The van der Waals surface area contributed by atoms with Crippen LogP contribution in [0.5, 0.6) is 5.75 Å². The van der Waals surface area contributed by atoms with Crippen LogP contribution in [0.25, 0.3) is 0 Å². The van der Waals surface area contributed by atoms with E-state index in [1.165, 1.54) is 43.2 Å². The van der Waals surface area contributed by atoms with Gasteiger partial charge in [0.15, 0.2) is 0 Å². The predicted octanol–water partition coefficient (Wildman–Crippen LogP) is 3.57. The molecule has 0 spiro atoms. The van der Waals surface area contributed by atoms with Crippen LogP contribution in [-0.2, 0) is 0 Å². The first-order valence-corrected chi connectivity index (χ1v) is 8.51. The van der Waals surface area contributed by atoms with Gasteiger partial charge in [0.25, 0.3) is 0 Å². The summed E-state index contributed by atoms with van der Waals surface area (Å²) in [5.41, 5.74) is 5.36. The third-order valence-electron chi connectivity index (χ3n) is 4.01. The van der Waals surface area contributed by atoms with Gasteiger partial charge in [0, 0.05) is 16.6 Å². The largest absolute Gasteiger partial charge is 0.496 e. The molecule has 0 aromatic heterocycles. The van der Waals surface area contributed by atoms with E-state index in [2.05, 4.69) is 36.2 Å². The quantitative estimate of drug-likeness (QED) is 0.622. The fraction of sp³-hybridized carbons (Fsp3) is 0.625. The van der Waals surface area contributed by atoms with Crippen LogP contribution in [0.1, 0.15) is 49.3 Å². The first kappa shape index (κ1) is 15.7. The highest BCUT2D eigenvalue weighted by Crippen LogP contribution is 2.33. The number of hydrogen-bond acceptors (Lipinski definition) is 4. The SMILES string of the molecule is COc1ccc(C)cc1C(CSC1CCCCC1)NN. The molecule has 3 nitrogen and oxygen atoms in total. The highest BCUT2D eigenvalue weighted by molar-refractivity contribution is 7.99. The second-order valence-electron chi connectivity index (χ2n) is 5.56. The fourth-order valence-electron chi connectivity index (χ4n) is 2.82. The maximum atomic E-state index is 5.78. The van der Waals surface area contributed by atoms with Gasteiger partial charge in [-0.05, 0) is 25.8 Å². The Morgan fingerprint density at radius 3 is 2.75 bits per heavy atom. The topological polar surface area (TPSA) is 47.3 Å². The molecule has 1 aromatic rings. The summed E-state index contributed by atoms with van der Waals surface area (Å²) in [7, 11) is 1.72. The summed E-state index contributed by atoms with van der Waals surface area (Å²) in [6, 6.07) is 6.42. The number of methoxy groups -OCH3 is 1. The van der Waals surface area contributed by atoms with Crippen molar-refractivity contribution in [3.63, 3.8) is 0 Å². The molecule has 1 saturated carbocycles. The van der Waals surface area contributed by atoms with E-state index in [9.17, 15) is 0 Å². The maximum absolute atomic E-state index is 5.78. The lowest BCUT2D eigenvalue weighted by Crippen LogP contribution is -2.30. The number of nitrogens with two attached hydrogens (primary N) is 1. The number of benzene rings is 1. The van der Waals surface area contributed by atoms with Gasteiger partial charge >= 0.3 is 0 Å². The molecule has 20 heavy (non-hydrogen) atoms. The van der Waals surface area contributed by atoms with E-state index in [-0.39, 0.29) is 6.04 Å². The van der Waals surface area contributed by atoms with Crippen molar-refractivity contribution in [1.82, 2.24) is 5.43 Å². The Labute approximate surface area is 126 Å². The smallest absolute Gasteiger partial charge is 0.123 e. The number of hydrogen-bond donors (Lipinski definition) is 2. The number of hydrazine groups is 1. The number of nitrogens with one attached hydrogen (secondary N) is 1. The summed E-state index contributed by atoms with van der Waals surface area (Å²) in [6.45, 7) is 2.10. The number of thioether (sulfide) groups is 1. The van der Waals surface area contributed by atoms with E-state index < -0.39 is 0 Å². The van der Waals surface area contributed by atoms with Gasteiger partial charge in [0.2, 0.25) is 0 Å². The van der Waals surface area contributed by atoms with Crippen LogP contribution < -0.4 is 16.0 Å². The summed E-state index contributed by atoms with van der Waals surface area (Å²) in [5, 5.41) is 0.801. The summed E-state index contributed by atoms with van der Waals surface area (Å²) >= 11 is 2.05. The van der Waals surface area contributed by atoms with Crippen LogP contribution in [0.2, 0.25) is 0 Å². The molecule has 0 saturated heterocycles. The van der Waals surface area contributed by atoms with E-state index in [0.717, 1.165) is 16.8 Å². The molecular weight excluding hydrogens is 268 g/mol. The molecule has 1 fully saturated rings. The average Bonchev–Trinajstić information content (AvgIpc) is 2.49. The molecule has 0 aliphatic heterocycles. The highest BCUT2D eigenvalue weighted by Gasteiger charge is 2.19. The van der Waals surface area contributed by atoms with Gasteiger partial charge in [-0.15, -0.1) is 0 Å². The zero-order valence-electron chi connectivity index (χ0n) is 12.5. The third kappa shape index (κ3) is 4.14. The van der Waals surface area contributed by atoms with Crippen molar-refractivity contribution < 1.29 is 4.74 Å². The molecule has 4 heteroatoms. The minimum absolute atomic E-state index is 0.150. The monoisotopic (exact) mass is 294 g/mol. The Bertz CT molecular complexity index is 419. The first-order valence-electron chi connectivity index (χ1n) is 7.47. The molecule has 1 aliphatic carbocycles. The Balaban J connectivity index is 2.01. The molecule has 0 heterocycles. The van der Waals surface area contributed by atoms with Gasteiger partial charge in [0.05, 0.1) is 13.2 Å². The summed E-state index contributed by atoms with van der Waals surface area (Å²) in [5.74, 6) is 7.70. The van der Waals surface area contributed by atoms with Gasteiger partial charge in [0.1, 0.15) is 5.75 Å². The zero-order valence-corrected chi connectivity index (χ0v) is 13.3. The van der Waals surface area contributed by atoms with E-state index >= 15 is 0 Å². The Hall–Kier alpha value is -0.710. The van der Waals surface area contributed by atoms with Gasteiger partial charge in [-0.1, -0.05) is 37.0 Å². The second kappa shape index (κ2) is 7.91. The van der Waals surface area contributed by atoms with Crippen LogP contribution in [0, 0.1) is 6.92 Å². The molecule has 1 aromatic carbocycles. The molecule has 1 unspecified atom stereocenters. The summed E-state index contributed by atoms with van der Waals surface area (Å²) in [4.78, 5) is 0. The second-order valence-corrected chi connectivity index (χ2v) is 6.89. The van der Waals surface area contributed by atoms with Crippen LogP contribution in [-0.4, -0.2) is 18.1 Å². The highest BCUT2D eigenvalue weighted by atomic mass is 32.2. The van der Waals surface area contributed by atoms with Gasteiger partial charge in [-0.3, -0.25) is 11.3 Å². The molecule has 1 aliphatic rings. The van der Waals surface area contributed by atoms with Crippen molar-refractivity contribution in [2.24, 2.45) is 5.84 Å². The van der Waals surface area contributed by atoms with Crippen LogP contribution in [0.15, 0.2) is 18.2 Å². The molecule has 112 valence electrons. The zero-order chi connectivity index (χ0) is 14.4. The lowest BCUT2D eigenvalue weighted by Gasteiger charge is -2.25. The van der Waals surface area contributed by atoms with Crippen LogP contribution in [0.4, 0.5) is 0 Å². The van der Waals surface area contributed by atoms with E-state index in [1.807, 2.05) is 6.07 Å². The van der Waals surface area contributed by atoms with Crippen molar-refractivity contribution in [3.8, 4) is 5.75 Å². The normalized spacial score (nSPS) is 17.9. The number of aryl methyl sites for hydroxylation is 1. The van der Waals surface area contributed by atoms with Gasteiger partial charge < -0.3 is 4.74 Å². The standard InChI is InChI=1S/C16H26N2OS/c1-12-8-9-16(19-2)14(10-12)15(18-17)11-20-13-6-4-3-5-7-13/h8-10,13,15,18H,3-7,11,17H2,1-2H3. The Morgan fingerprint density at radius 2 is 2.10 bits per heavy atom. The maximum Gasteiger partial charge on any atom is 0.123 e. The minimum Gasteiger partial charge on any atom is -0.496 e. The molecule has 0 amide bonds. The van der Waals surface area contributed by atoms with E-state index in [4.69, 9.17) is 10.6 Å². The average molecular weight is 294 g/mol. The lowest BCUT2D eigenvalue weighted by molar-refractivity contribution is 0.402. The van der Waals surface area contributed by atoms with Crippen LogP contribution in [0.3, 0.4) is 0 Å². The number of ether oxygens (including phenoxy) is 1. The van der Waals surface area contributed by atoms with Gasteiger partial charge in [-0.2, -0.15) is 11.8 Å². The fourth-order valence-corrected chi connectivity index (χ4v) is 4.22.